The molecule has 1 heterocycles. The molecule has 0 radical (unpaired) electrons. The highest BCUT2D eigenvalue weighted by Crippen LogP contribution is 2.24. The third-order valence-corrected chi connectivity index (χ3v) is 5.00. The number of aromatic nitrogens is 1. The zero-order valence-electron chi connectivity index (χ0n) is 10.6. The third kappa shape index (κ3) is 2.70. The third-order valence-electron chi connectivity index (χ3n) is 2.88. The van der Waals surface area contributed by atoms with E-state index in [9.17, 15) is 4.79 Å². The van der Waals surface area contributed by atoms with E-state index in [0.29, 0.717) is 6.42 Å². The summed E-state index contributed by atoms with van der Waals surface area (Å²) in [5, 5.41) is 0.892. The number of rotatable bonds is 3. The first-order chi connectivity index (χ1) is 8.49. The van der Waals surface area contributed by atoms with E-state index in [-0.39, 0.29) is 5.78 Å². The molecule has 0 saturated heterocycles. The predicted octanol–water partition coefficient (Wildman–Crippen LogP) is 4.26. The van der Waals surface area contributed by atoms with Gasteiger partial charge < -0.3 is 0 Å². The maximum absolute atomic E-state index is 12.2. The molecule has 2 rings (SSSR count). The number of halogens is 1. The summed E-state index contributed by atoms with van der Waals surface area (Å²) >= 11 is 5.08. The minimum Gasteiger partial charge on any atom is -0.294 e. The van der Waals surface area contributed by atoms with Gasteiger partial charge in [-0.2, -0.15) is 0 Å². The van der Waals surface area contributed by atoms with Gasteiger partial charge in [0.25, 0.3) is 0 Å². The van der Waals surface area contributed by atoms with Crippen LogP contribution in [0.4, 0.5) is 0 Å². The van der Waals surface area contributed by atoms with Gasteiger partial charge in [-0.25, -0.2) is 4.98 Å². The Labute approximate surface area is 119 Å². The van der Waals surface area contributed by atoms with Crippen LogP contribution in [0.1, 0.15) is 31.5 Å². The normalized spacial score (nSPS) is 10.7. The zero-order valence-corrected chi connectivity index (χ0v) is 13.0. The lowest BCUT2D eigenvalue weighted by Crippen LogP contribution is -2.05. The van der Waals surface area contributed by atoms with Crippen molar-refractivity contribution in [3.8, 4) is 0 Å². The van der Waals surface area contributed by atoms with E-state index in [2.05, 4.69) is 20.9 Å². The highest BCUT2D eigenvalue weighted by Gasteiger charge is 2.14. The summed E-state index contributed by atoms with van der Waals surface area (Å²) in [5.74, 6) is 0.110. The van der Waals surface area contributed by atoms with Crippen LogP contribution in [0, 0.1) is 20.8 Å². The van der Waals surface area contributed by atoms with Crippen molar-refractivity contribution in [1.29, 1.82) is 0 Å². The van der Waals surface area contributed by atoms with Crippen LogP contribution in [0.3, 0.4) is 0 Å². The van der Waals surface area contributed by atoms with Gasteiger partial charge in [0, 0.05) is 14.9 Å². The number of carbonyl (C=O) groups is 1. The molecule has 0 spiro atoms. The SMILES string of the molecule is Cc1cccc(C(=O)Cc2nc(C)c(C)s2)c1Br. The maximum atomic E-state index is 12.2. The molecule has 0 aliphatic carbocycles. The first-order valence-electron chi connectivity index (χ1n) is 5.70. The summed E-state index contributed by atoms with van der Waals surface area (Å²) in [6.07, 6.45) is 0.376. The minimum absolute atomic E-state index is 0.110. The van der Waals surface area contributed by atoms with Gasteiger partial charge in [0.05, 0.1) is 12.1 Å². The molecular weight excluding hydrogens is 310 g/mol. The van der Waals surface area contributed by atoms with Crippen LogP contribution in [-0.2, 0) is 6.42 Å². The Kier molecular flexibility index (Phi) is 3.97. The monoisotopic (exact) mass is 323 g/mol. The molecule has 1 aromatic heterocycles. The number of benzene rings is 1. The second-order valence-corrected chi connectivity index (χ2v) is 6.37. The number of nitrogens with zero attached hydrogens (tertiary/aromatic N) is 1. The van der Waals surface area contributed by atoms with Gasteiger partial charge in [-0.3, -0.25) is 4.79 Å². The van der Waals surface area contributed by atoms with Crippen LogP contribution >= 0.6 is 27.3 Å². The summed E-state index contributed by atoms with van der Waals surface area (Å²) < 4.78 is 0.889. The van der Waals surface area contributed by atoms with E-state index < -0.39 is 0 Å². The van der Waals surface area contributed by atoms with Crippen LogP contribution in [0.25, 0.3) is 0 Å². The highest BCUT2D eigenvalue weighted by atomic mass is 79.9. The van der Waals surface area contributed by atoms with Crippen molar-refractivity contribution in [2.75, 3.05) is 0 Å². The molecule has 1 aromatic carbocycles. The number of aryl methyl sites for hydroxylation is 3. The summed E-state index contributed by atoms with van der Waals surface area (Å²) in [7, 11) is 0. The molecule has 0 amide bonds. The summed E-state index contributed by atoms with van der Waals surface area (Å²) in [6, 6.07) is 5.75. The number of hydrogen-bond acceptors (Lipinski definition) is 3. The zero-order chi connectivity index (χ0) is 13.3. The lowest BCUT2D eigenvalue weighted by molar-refractivity contribution is 0.0992. The fourth-order valence-electron chi connectivity index (χ4n) is 1.71. The molecule has 0 saturated carbocycles. The largest absolute Gasteiger partial charge is 0.294 e. The molecule has 0 N–H and O–H groups in total. The van der Waals surface area contributed by atoms with Crippen molar-refractivity contribution < 1.29 is 4.79 Å². The Bertz CT molecular complexity index is 584. The van der Waals surface area contributed by atoms with Gasteiger partial charge in [0.15, 0.2) is 5.78 Å². The average molecular weight is 324 g/mol. The topological polar surface area (TPSA) is 30.0 Å². The van der Waals surface area contributed by atoms with Crippen molar-refractivity contribution in [2.45, 2.75) is 27.2 Å². The van der Waals surface area contributed by atoms with Gasteiger partial charge in [0.1, 0.15) is 5.01 Å². The van der Waals surface area contributed by atoms with E-state index in [1.165, 1.54) is 4.88 Å². The summed E-state index contributed by atoms with van der Waals surface area (Å²) in [4.78, 5) is 17.8. The van der Waals surface area contributed by atoms with Crippen molar-refractivity contribution in [3.05, 3.63) is 49.4 Å². The van der Waals surface area contributed by atoms with Crippen molar-refractivity contribution in [2.24, 2.45) is 0 Å². The maximum Gasteiger partial charge on any atom is 0.170 e. The molecule has 0 aliphatic heterocycles. The lowest BCUT2D eigenvalue weighted by Gasteiger charge is -2.04. The fraction of sp³-hybridized carbons (Fsp3) is 0.286. The molecule has 18 heavy (non-hydrogen) atoms. The van der Waals surface area contributed by atoms with Crippen LogP contribution in [0.5, 0.6) is 0 Å². The van der Waals surface area contributed by atoms with Gasteiger partial charge in [0.2, 0.25) is 0 Å². The Hall–Kier alpha value is -1.00. The predicted molar refractivity (Wildman–Crippen MR) is 78.5 cm³/mol. The molecule has 0 atom stereocenters. The second-order valence-electron chi connectivity index (χ2n) is 4.29. The fourth-order valence-corrected chi connectivity index (χ4v) is 3.13. The molecule has 0 bridgehead atoms. The van der Waals surface area contributed by atoms with E-state index in [1.54, 1.807) is 11.3 Å². The Morgan fingerprint density at radius 1 is 1.33 bits per heavy atom. The van der Waals surface area contributed by atoms with Gasteiger partial charge >= 0.3 is 0 Å². The van der Waals surface area contributed by atoms with Gasteiger partial charge in [-0.05, 0) is 42.3 Å². The first kappa shape index (κ1) is 13.4. The molecule has 4 heteroatoms. The van der Waals surface area contributed by atoms with E-state index in [0.717, 1.165) is 26.3 Å². The van der Waals surface area contributed by atoms with Crippen molar-refractivity contribution in [3.63, 3.8) is 0 Å². The standard InChI is InChI=1S/C14H14BrNOS/c1-8-5-4-6-11(14(8)15)12(17)7-13-16-9(2)10(3)18-13/h4-6H,7H2,1-3H3. The van der Waals surface area contributed by atoms with E-state index >= 15 is 0 Å². The van der Waals surface area contributed by atoms with E-state index in [1.807, 2.05) is 39.0 Å². The Morgan fingerprint density at radius 3 is 2.67 bits per heavy atom. The smallest absolute Gasteiger partial charge is 0.170 e. The molecule has 0 fully saturated rings. The first-order valence-corrected chi connectivity index (χ1v) is 7.31. The Balaban J connectivity index is 2.24. The van der Waals surface area contributed by atoms with Crippen LogP contribution < -0.4 is 0 Å². The number of carbonyl (C=O) groups excluding carboxylic acids is 1. The molecule has 0 aliphatic rings. The number of ketones is 1. The van der Waals surface area contributed by atoms with Crippen molar-refractivity contribution in [1.82, 2.24) is 4.98 Å². The Morgan fingerprint density at radius 2 is 2.06 bits per heavy atom. The van der Waals surface area contributed by atoms with Crippen LogP contribution in [-0.4, -0.2) is 10.8 Å². The number of thiazole rings is 1. The quantitative estimate of drug-likeness (QED) is 0.790. The molecule has 0 unspecified atom stereocenters. The summed E-state index contributed by atoms with van der Waals surface area (Å²) in [5.41, 5.74) is 2.83. The van der Waals surface area contributed by atoms with E-state index in [4.69, 9.17) is 0 Å². The average Bonchev–Trinajstić information content (AvgIpc) is 2.61. The van der Waals surface area contributed by atoms with Crippen LogP contribution in [0.2, 0.25) is 0 Å². The highest BCUT2D eigenvalue weighted by molar-refractivity contribution is 9.10. The molecule has 2 aromatic rings. The molecule has 94 valence electrons. The lowest BCUT2D eigenvalue weighted by atomic mass is 10.1. The molecular formula is C14H14BrNOS. The molecule has 2 nitrogen and oxygen atoms in total. The van der Waals surface area contributed by atoms with Crippen molar-refractivity contribution >= 4 is 33.0 Å². The minimum atomic E-state index is 0.110. The second kappa shape index (κ2) is 5.33. The number of hydrogen-bond donors (Lipinski definition) is 0. The van der Waals surface area contributed by atoms with Crippen LogP contribution in [0.15, 0.2) is 22.7 Å². The van der Waals surface area contributed by atoms with Gasteiger partial charge in [-0.1, -0.05) is 18.2 Å². The van der Waals surface area contributed by atoms with Gasteiger partial charge in [-0.15, -0.1) is 11.3 Å². The number of Topliss-reactive ketones (excluding diaryl/α,β-unsaturated/α-hetero) is 1. The summed E-state index contributed by atoms with van der Waals surface area (Å²) in [6.45, 7) is 5.99.